The molecule has 0 spiro atoms. The molecule has 0 aliphatic carbocycles. The van der Waals surface area contributed by atoms with Crippen molar-refractivity contribution in [1.29, 1.82) is 0 Å². The molecular formula is C10H13NO5S. The standard InChI is InChI=1S/C10H13NO5S/c1-5-3-8(17(2,15)16)6(4-7(5)12)9(11)10(13)14/h3-4,9,12H,11H2,1-2H3,(H,13,14). The number of phenolic OH excluding ortho intramolecular Hbond substituents is 1. The van der Waals surface area contributed by atoms with Crippen molar-refractivity contribution < 1.29 is 23.4 Å². The van der Waals surface area contributed by atoms with Crippen molar-refractivity contribution in [2.75, 3.05) is 6.26 Å². The molecule has 1 unspecified atom stereocenters. The topological polar surface area (TPSA) is 118 Å². The molecule has 0 aliphatic rings. The summed E-state index contributed by atoms with van der Waals surface area (Å²) >= 11 is 0. The van der Waals surface area contributed by atoms with Crippen LogP contribution in [0.2, 0.25) is 0 Å². The van der Waals surface area contributed by atoms with E-state index in [2.05, 4.69) is 0 Å². The Morgan fingerprint density at radius 1 is 1.41 bits per heavy atom. The van der Waals surface area contributed by atoms with Crippen LogP contribution in [0, 0.1) is 6.92 Å². The maximum Gasteiger partial charge on any atom is 0.325 e. The molecule has 94 valence electrons. The first-order valence-electron chi connectivity index (χ1n) is 4.66. The highest BCUT2D eigenvalue weighted by atomic mass is 32.2. The van der Waals surface area contributed by atoms with Crippen molar-refractivity contribution in [3.63, 3.8) is 0 Å². The van der Waals surface area contributed by atoms with E-state index in [1.807, 2.05) is 0 Å². The van der Waals surface area contributed by atoms with Crippen LogP contribution in [0.1, 0.15) is 17.2 Å². The zero-order valence-electron chi connectivity index (χ0n) is 9.34. The summed E-state index contributed by atoms with van der Waals surface area (Å²) in [5.41, 5.74) is 5.60. The van der Waals surface area contributed by atoms with Gasteiger partial charge < -0.3 is 15.9 Å². The average molecular weight is 259 g/mol. The number of rotatable bonds is 3. The second-order valence-electron chi connectivity index (χ2n) is 3.76. The van der Waals surface area contributed by atoms with Gasteiger partial charge in [0.05, 0.1) is 4.90 Å². The predicted molar refractivity (Wildman–Crippen MR) is 60.5 cm³/mol. The van der Waals surface area contributed by atoms with Gasteiger partial charge in [0.15, 0.2) is 9.84 Å². The van der Waals surface area contributed by atoms with E-state index in [4.69, 9.17) is 10.8 Å². The van der Waals surface area contributed by atoms with E-state index < -0.39 is 21.8 Å². The van der Waals surface area contributed by atoms with Gasteiger partial charge in [0.2, 0.25) is 0 Å². The van der Waals surface area contributed by atoms with Crippen molar-refractivity contribution in [2.24, 2.45) is 5.73 Å². The molecule has 0 aliphatic heterocycles. The fraction of sp³-hybridized carbons (Fsp3) is 0.300. The number of sulfone groups is 1. The van der Waals surface area contributed by atoms with Crippen molar-refractivity contribution in [2.45, 2.75) is 17.9 Å². The Morgan fingerprint density at radius 3 is 2.35 bits per heavy atom. The third-order valence-corrected chi connectivity index (χ3v) is 3.48. The second kappa shape index (κ2) is 4.34. The van der Waals surface area contributed by atoms with Crippen LogP contribution in [0.3, 0.4) is 0 Å². The van der Waals surface area contributed by atoms with Crippen molar-refractivity contribution >= 4 is 15.8 Å². The van der Waals surface area contributed by atoms with Gasteiger partial charge in [-0.3, -0.25) is 4.79 Å². The van der Waals surface area contributed by atoms with Crippen LogP contribution in [0.15, 0.2) is 17.0 Å². The molecule has 1 rings (SSSR count). The van der Waals surface area contributed by atoms with E-state index >= 15 is 0 Å². The summed E-state index contributed by atoms with van der Waals surface area (Å²) in [4.78, 5) is 10.6. The van der Waals surface area contributed by atoms with Crippen LogP contribution in [-0.2, 0) is 14.6 Å². The summed E-state index contributed by atoms with van der Waals surface area (Å²) < 4.78 is 23.0. The smallest absolute Gasteiger partial charge is 0.325 e. The van der Waals surface area contributed by atoms with E-state index in [0.29, 0.717) is 5.56 Å². The van der Waals surface area contributed by atoms with E-state index in [0.717, 1.165) is 12.3 Å². The van der Waals surface area contributed by atoms with Crippen LogP contribution in [-0.4, -0.2) is 30.9 Å². The lowest BCUT2D eigenvalue weighted by Gasteiger charge is -2.13. The highest BCUT2D eigenvalue weighted by Crippen LogP contribution is 2.28. The minimum absolute atomic E-state index is 0.122. The lowest BCUT2D eigenvalue weighted by molar-refractivity contribution is -0.138. The lowest BCUT2D eigenvalue weighted by Crippen LogP contribution is -2.23. The molecule has 0 saturated carbocycles. The average Bonchev–Trinajstić information content (AvgIpc) is 2.18. The Hall–Kier alpha value is -1.60. The molecule has 0 aromatic heterocycles. The fourth-order valence-corrected chi connectivity index (χ4v) is 2.39. The molecule has 0 radical (unpaired) electrons. The van der Waals surface area contributed by atoms with Gasteiger partial charge in [-0.15, -0.1) is 0 Å². The van der Waals surface area contributed by atoms with Gasteiger partial charge in [-0.1, -0.05) is 0 Å². The van der Waals surface area contributed by atoms with Gasteiger partial charge in [-0.25, -0.2) is 8.42 Å². The molecule has 1 aromatic rings. The number of phenols is 1. The summed E-state index contributed by atoms with van der Waals surface area (Å²) in [7, 11) is -3.61. The maximum absolute atomic E-state index is 11.5. The number of aliphatic carboxylic acids is 1. The molecule has 1 atom stereocenters. The Labute approximate surface area is 98.6 Å². The molecule has 0 amide bonds. The van der Waals surface area contributed by atoms with E-state index in [-0.39, 0.29) is 16.2 Å². The maximum atomic E-state index is 11.5. The van der Waals surface area contributed by atoms with Gasteiger partial charge >= 0.3 is 5.97 Å². The molecule has 4 N–H and O–H groups in total. The minimum Gasteiger partial charge on any atom is -0.508 e. The van der Waals surface area contributed by atoms with Crippen LogP contribution in [0.25, 0.3) is 0 Å². The van der Waals surface area contributed by atoms with Crippen LogP contribution in [0.5, 0.6) is 5.75 Å². The number of carbonyl (C=O) groups is 1. The van der Waals surface area contributed by atoms with Gasteiger partial charge in [0, 0.05) is 11.8 Å². The Kier molecular flexibility index (Phi) is 3.44. The van der Waals surface area contributed by atoms with Crippen molar-refractivity contribution in [3.05, 3.63) is 23.3 Å². The number of carboxylic acid groups (broad SMARTS) is 1. The summed E-state index contributed by atoms with van der Waals surface area (Å²) in [6.45, 7) is 1.51. The third kappa shape index (κ3) is 2.75. The number of hydrogen-bond donors (Lipinski definition) is 3. The van der Waals surface area contributed by atoms with E-state index in [1.54, 1.807) is 0 Å². The zero-order valence-corrected chi connectivity index (χ0v) is 10.2. The first-order chi connectivity index (χ1) is 7.64. The van der Waals surface area contributed by atoms with E-state index in [1.165, 1.54) is 13.0 Å². The molecule has 0 fully saturated rings. The minimum atomic E-state index is -3.61. The Bertz CT molecular complexity index is 564. The number of carboxylic acids is 1. The van der Waals surface area contributed by atoms with Gasteiger partial charge in [-0.05, 0) is 24.6 Å². The Morgan fingerprint density at radius 2 is 1.94 bits per heavy atom. The lowest BCUT2D eigenvalue weighted by atomic mass is 10.0. The molecule has 0 heterocycles. The van der Waals surface area contributed by atoms with Crippen LogP contribution < -0.4 is 5.73 Å². The van der Waals surface area contributed by atoms with Gasteiger partial charge in [-0.2, -0.15) is 0 Å². The van der Waals surface area contributed by atoms with Crippen molar-refractivity contribution in [3.8, 4) is 5.75 Å². The highest BCUT2D eigenvalue weighted by molar-refractivity contribution is 7.90. The second-order valence-corrected chi connectivity index (χ2v) is 5.75. The molecule has 0 saturated heterocycles. The first kappa shape index (κ1) is 13.5. The largest absolute Gasteiger partial charge is 0.508 e. The quantitative estimate of drug-likeness (QED) is 0.713. The molecule has 17 heavy (non-hydrogen) atoms. The summed E-state index contributed by atoms with van der Waals surface area (Å²) in [6, 6.07) is 0.791. The highest BCUT2D eigenvalue weighted by Gasteiger charge is 2.24. The van der Waals surface area contributed by atoms with E-state index in [9.17, 15) is 18.3 Å². The van der Waals surface area contributed by atoms with Crippen molar-refractivity contribution in [1.82, 2.24) is 0 Å². The molecule has 1 aromatic carbocycles. The van der Waals surface area contributed by atoms with Gasteiger partial charge in [0.1, 0.15) is 11.8 Å². The molecule has 0 bridgehead atoms. The Balaban J connectivity index is 3.58. The number of nitrogens with two attached hydrogens (primary N) is 1. The zero-order chi connectivity index (χ0) is 13.4. The summed E-state index contributed by atoms with van der Waals surface area (Å²) in [5, 5.41) is 18.3. The summed E-state index contributed by atoms with van der Waals surface area (Å²) in [6.07, 6.45) is 0.955. The number of hydrogen-bond acceptors (Lipinski definition) is 5. The number of benzene rings is 1. The molecule has 7 heteroatoms. The SMILES string of the molecule is Cc1cc(S(C)(=O)=O)c(C(N)C(=O)O)cc1O. The van der Waals surface area contributed by atoms with Crippen LogP contribution in [0.4, 0.5) is 0 Å². The predicted octanol–water partition coefficient (Wildman–Crippen LogP) is 0.189. The number of aryl methyl sites for hydroxylation is 1. The van der Waals surface area contributed by atoms with Crippen LogP contribution >= 0.6 is 0 Å². The first-order valence-corrected chi connectivity index (χ1v) is 6.55. The molecule has 6 nitrogen and oxygen atoms in total. The molecular weight excluding hydrogens is 246 g/mol. The number of aromatic hydroxyl groups is 1. The fourth-order valence-electron chi connectivity index (χ4n) is 1.38. The van der Waals surface area contributed by atoms with Gasteiger partial charge in [0.25, 0.3) is 0 Å². The summed E-state index contributed by atoms with van der Waals surface area (Å²) in [5.74, 6) is -1.55. The third-order valence-electron chi connectivity index (χ3n) is 2.33. The monoisotopic (exact) mass is 259 g/mol. The normalized spacial score (nSPS) is 13.4.